The lowest BCUT2D eigenvalue weighted by Crippen LogP contribution is -2.37. The lowest BCUT2D eigenvalue weighted by molar-refractivity contribution is -0.141. The van der Waals surface area contributed by atoms with Gasteiger partial charge in [0.25, 0.3) is 0 Å². The average molecular weight is 799 g/mol. The van der Waals surface area contributed by atoms with Gasteiger partial charge in [-0.25, -0.2) is 22.4 Å². The molecule has 19 heteroatoms. The smallest absolute Gasteiger partial charge is 0.402 e. The van der Waals surface area contributed by atoms with Gasteiger partial charge in [-0.2, -0.15) is 18.3 Å². The third-order valence-corrected chi connectivity index (χ3v) is 9.55. The molecular weight excluding hydrogens is 766 g/mol. The molecule has 53 heavy (non-hydrogen) atoms. The van der Waals surface area contributed by atoms with Crippen LogP contribution < -0.4 is 19.0 Å². The van der Waals surface area contributed by atoms with Crippen molar-refractivity contribution in [1.82, 2.24) is 20.1 Å². The fourth-order valence-electron chi connectivity index (χ4n) is 5.85. The second-order valence-electron chi connectivity index (χ2n) is 11.7. The quantitative estimate of drug-likeness (QED) is 0.0646. The number of halogens is 6. The Morgan fingerprint density at radius 3 is 2.34 bits per heavy atom. The van der Waals surface area contributed by atoms with E-state index in [-0.39, 0.29) is 45.2 Å². The predicted molar refractivity (Wildman–Crippen MR) is 194 cm³/mol. The number of aryl methyl sites for hydroxylation is 1. The number of aromatic nitrogens is 3. The van der Waals surface area contributed by atoms with Gasteiger partial charge in [0.2, 0.25) is 0 Å². The summed E-state index contributed by atoms with van der Waals surface area (Å²) in [6, 6.07) is 13.4. The highest BCUT2D eigenvalue weighted by atomic mass is 35.5. The number of hydrogen-bond donors (Lipinski definition) is 3. The van der Waals surface area contributed by atoms with Crippen LogP contribution in [-0.2, 0) is 24.0 Å². The Bertz CT molecular complexity index is 2180. The summed E-state index contributed by atoms with van der Waals surface area (Å²) in [4.78, 5) is 38.7. The first kappa shape index (κ1) is 39.9. The molecular formula is C34H33ClF5N6O5PS. The van der Waals surface area contributed by atoms with Crippen molar-refractivity contribution < 1.29 is 45.6 Å². The highest BCUT2D eigenvalue weighted by molar-refractivity contribution is 8.00. The Hall–Kier alpha value is -4.25. The first-order valence-electron chi connectivity index (χ1n) is 15.8. The molecule has 1 atom stereocenters. The third kappa shape index (κ3) is 9.11. The van der Waals surface area contributed by atoms with Crippen molar-refractivity contribution in [2.24, 2.45) is 0 Å². The summed E-state index contributed by atoms with van der Waals surface area (Å²) in [7, 11) is -2.14. The molecule has 2 amide bonds. The van der Waals surface area contributed by atoms with Crippen LogP contribution >= 0.6 is 31.4 Å². The number of nitrogens with zero attached hydrogens (tertiary/aromatic N) is 5. The molecule has 0 bridgehead atoms. The van der Waals surface area contributed by atoms with E-state index < -0.39 is 44.3 Å². The highest BCUT2D eigenvalue weighted by Gasteiger charge is 2.35. The first-order chi connectivity index (χ1) is 24.9. The molecule has 0 radical (unpaired) electrons. The number of urea groups is 1. The van der Waals surface area contributed by atoms with Crippen LogP contribution in [0.3, 0.4) is 0 Å². The highest BCUT2D eigenvalue weighted by Crippen LogP contribution is 2.45. The van der Waals surface area contributed by atoms with Crippen LogP contribution in [0.25, 0.3) is 22.0 Å². The fraction of sp³-hybridized carbons (Fsp3) is 0.265. The van der Waals surface area contributed by atoms with Crippen LogP contribution in [0, 0.1) is 11.6 Å². The SMILES string of the molecule is CCc1ccc(-c2ccc(Cl)c3c(N(SC)C(=O)N(C)c4ccccc4OP(=O)(O)O)nn(CC(F)(F)F)c23)c(C(Cc2cc(F)cc(F)c2)NC)n1. The summed E-state index contributed by atoms with van der Waals surface area (Å²) in [5.41, 5.74) is 1.79. The number of amides is 2. The predicted octanol–water partition coefficient (Wildman–Crippen LogP) is 8.47. The molecule has 5 aromatic rings. The van der Waals surface area contributed by atoms with Gasteiger partial charge in [0.1, 0.15) is 18.2 Å². The molecule has 0 spiro atoms. The summed E-state index contributed by atoms with van der Waals surface area (Å²) < 4.78 is 89.0. The number of phosphoric acid groups is 1. The molecule has 2 aromatic heterocycles. The molecule has 3 aromatic carbocycles. The topological polar surface area (TPSA) is 133 Å². The molecule has 11 nitrogen and oxygen atoms in total. The number of alkyl halides is 3. The van der Waals surface area contributed by atoms with Crippen LogP contribution in [0.4, 0.5) is 38.3 Å². The lowest BCUT2D eigenvalue weighted by Gasteiger charge is -2.26. The molecule has 0 aliphatic heterocycles. The lowest BCUT2D eigenvalue weighted by atomic mass is 9.93. The molecule has 0 aliphatic carbocycles. The van der Waals surface area contributed by atoms with Crippen LogP contribution in [0.5, 0.6) is 5.75 Å². The van der Waals surface area contributed by atoms with Crippen molar-refractivity contribution in [3.63, 3.8) is 0 Å². The van der Waals surface area contributed by atoms with Gasteiger partial charge in [-0.3, -0.25) is 24.4 Å². The Balaban J connectivity index is 1.71. The summed E-state index contributed by atoms with van der Waals surface area (Å²) in [5.74, 6) is -2.13. The number of benzene rings is 3. The number of phosphoric ester groups is 1. The maximum Gasteiger partial charge on any atom is 0.524 e. The monoisotopic (exact) mass is 798 g/mol. The third-order valence-electron chi connectivity index (χ3n) is 8.11. The summed E-state index contributed by atoms with van der Waals surface area (Å²) in [6.45, 7) is 0.297. The molecule has 3 N–H and O–H groups in total. The van der Waals surface area contributed by atoms with Gasteiger partial charge < -0.3 is 9.84 Å². The molecule has 1 unspecified atom stereocenters. The molecule has 0 aliphatic rings. The molecule has 2 heterocycles. The van der Waals surface area contributed by atoms with E-state index in [4.69, 9.17) is 21.1 Å². The maximum atomic E-state index is 14.2. The number of pyridine rings is 1. The average Bonchev–Trinajstić information content (AvgIpc) is 3.44. The summed E-state index contributed by atoms with van der Waals surface area (Å²) in [6.07, 6.45) is -2.72. The summed E-state index contributed by atoms with van der Waals surface area (Å²) >= 11 is 7.52. The van der Waals surface area contributed by atoms with Crippen LogP contribution in [0.2, 0.25) is 5.02 Å². The second kappa shape index (κ2) is 16.0. The van der Waals surface area contributed by atoms with E-state index in [0.717, 1.165) is 27.2 Å². The van der Waals surface area contributed by atoms with Crippen LogP contribution in [0.1, 0.15) is 29.9 Å². The largest absolute Gasteiger partial charge is 0.524 e. The molecule has 0 saturated heterocycles. The van der Waals surface area contributed by atoms with E-state index in [2.05, 4.69) is 10.4 Å². The molecule has 282 valence electrons. The Labute approximate surface area is 310 Å². The number of nitrogens with one attached hydrogen (secondary N) is 1. The fourth-order valence-corrected chi connectivity index (χ4v) is 7.07. The van der Waals surface area contributed by atoms with Crippen molar-refractivity contribution >= 4 is 59.8 Å². The molecule has 0 saturated carbocycles. The van der Waals surface area contributed by atoms with Gasteiger partial charge in [-0.1, -0.05) is 42.8 Å². The number of carbonyl (C=O) groups is 1. The number of hydrogen-bond acceptors (Lipinski definition) is 7. The van der Waals surface area contributed by atoms with Gasteiger partial charge in [0, 0.05) is 36.2 Å². The number of rotatable bonds is 12. The maximum absolute atomic E-state index is 14.2. The first-order valence-corrected chi connectivity index (χ1v) is 18.9. The number of carbonyl (C=O) groups excluding carboxylic acids is 1. The van der Waals surface area contributed by atoms with E-state index >= 15 is 0 Å². The van der Waals surface area contributed by atoms with Crippen LogP contribution in [-0.4, -0.2) is 57.1 Å². The number of fused-ring (bicyclic) bond motifs is 1. The standard InChI is InChI=1S/C34H33ClF5N6O5PS/c1-5-22-10-11-23(30(42-22)26(41-2)16-19-14-20(36)17-21(37)15-19)24-12-13-25(35)29-31(24)45(18-34(38,39)40)43-32(29)46(53-4)33(47)44(3)27-8-6-7-9-28(27)51-52(48,49)50/h6-15,17,26,41H,5,16,18H2,1-4H3,(H2,48,49,50). The minimum atomic E-state index is -5.05. The van der Waals surface area contributed by atoms with Crippen molar-refractivity contribution in [3.8, 4) is 16.9 Å². The zero-order chi connectivity index (χ0) is 38.8. The van der Waals surface area contributed by atoms with Crippen molar-refractivity contribution in [2.75, 3.05) is 29.6 Å². The van der Waals surface area contributed by atoms with Gasteiger partial charge in [0.15, 0.2) is 11.6 Å². The Morgan fingerprint density at radius 1 is 1.08 bits per heavy atom. The summed E-state index contributed by atoms with van der Waals surface area (Å²) in [5, 5.41) is 7.35. The van der Waals surface area contributed by atoms with Gasteiger partial charge in [-0.05, 0) is 73.8 Å². The minimum absolute atomic E-state index is 0.0111. The van der Waals surface area contributed by atoms with E-state index in [1.807, 2.05) is 6.92 Å². The zero-order valence-electron chi connectivity index (χ0n) is 28.5. The van der Waals surface area contributed by atoms with Crippen molar-refractivity contribution in [1.29, 1.82) is 0 Å². The Kier molecular flexibility index (Phi) is 12.1. The van der Waals surface area contributed by atoms with Gasteiger partial charge in [-0.15, -0.1) is 0 Å². The van der Waals surface area contributed by atoms with Gasteiger partial charge in [0.05, 0.1) is 33.3 Å². The van der Waals surface area contributed by atoms with E-state index in [1.165, 1.54) is 61.8 Å². The Morgan fingerprint density at radius 2 is 1.74 bits per heavy atom. The second-order valence-corrected chi connectivity index (χ2v) is 14.0. The van der Waals surface area contributed by atoms with E-state index in [1.54, 1.807) is 19.2 Å². The van der Waals surface area contributed by atoms with Crippen molar-refractivity contribution in [3.05, 3.63) is 100 Å². The number of anilines is 2. The van der Waals surface area contributed by atoms with Gasteiger partial charge >= 0.3 is 20.0 Å². The minimum Gasteiger partial charge on any atom is -0.402 e. The number of likely N-dealkylation sites (N-methyl/N-ethyl adjacent to an activating group) is 1. The molecule has 0 fully saturated rings. The van der Waals surface area contributed by atoms with Crippen molar-refractivity contribution in [2.45, 2.75) is 38.5 Å². The number of para-hydroxylation sites is 2. The van der Waals surface area contributed by atoms with E-state index in [9.17, 15) is 41.1 Å². The zero-order valence-corrected chi connectivity index (χ0v) is 31.0. The van der Waals surface area contributed by atoms with Crippen LogP contribution in [0.15, 0.2) is 66.7 Å². The normalized spacial score (nSPS) is 12.6. The molecule has 5 rings (SSSR count). The van der Waals surface area contributed by atoms with E-state index in [0.29, 0.717) is 33.6 Å².